The van der Waals surface area contributed by atoms with Gasteiger partial charge in [0, 0.05) is 11.0 Å². The normalized spacial score (nSPS) is 30.4. The van der Waals surface area contributed by atoms with Crippen LogP contribution in [0.1, 0.15) is 51.4 Å². The predicted octanol–water partition coefficient (Wildman–Crippen LogP) is 2.49. The Morgan fingerprint density at radius 3 is 1.82 bits per heavy atom. The van der Waals surface area contributed by atoms with Crippen LogP contribution >= 0.6 is 0 Å². The molecule has 3 N–H and O–H groups in total. The Morgan fingerprint density at radius 2 is 1.41 bits per heavy atom. The molecular weight excluding hydrogens is 224 g/mol. The van der Waals surface area contributed by atoms with Crippen LogP contribution in [-0.4, -0.2) is 29.6 Å². The largest absolute Gasteiger partial charge is 0.388 e. The van der Waals surface area contributed by atoms with Crippen molar-refractivity contribution in [2.75, 3.05) is 13.3 Å². The molecule has 2 aliphatic carbocycles. The fourth-order valence-electron chi connectivity index (χ4n) is 3.59. The number of aliphatic hydroxyl groups is 1. The van der Waals surface area contributed by atoms with Gasteiger partial charge < -0.3 is 10.8 Å². The standard InChI is InChI=1S/C13H23F2NO/c14-9-11(10-15)7-13(17,8-11)12(16)5-3-1-2-4-6-12/h17H,1-10,16H2. The lowest BCUT2D eigenvalue weighted by Crippen LogP contribution is -2.70. The summed E-state index contributed by atoms with van der Waals surface area (Å²) in [5.41, 5.74) is 3.71. The van der Waals surface area contributed by atoms with Gasteiger partial charge in [-0.05, 0) is 25.7 Å². The molecular formula is C13H23F2NO. The van der Waals surface area contributed by atoms with E-state index in [9.17, 15) is 13.9 Å². The molecule has 100 valence electrons. The third-order valence-electron chi connectivity index (χ3n) is 4.82. The molecule has 0 radical (unpaired) electrons. The van der Waals surface area contributed by atoms with E-state index in [2.05, 4.69) is 0 Å². The summed E-state index contributed by atoms with van der Waals surface area (Å²) in [5.74, 6) is 0. The van der Waals surface area contributed by atoms with Gasteiger partial charge in [0.25, 0.3) is 0 Å². The molecule has 17 heavy (non-hydrogen) atoms. The van der Waals surface area contributed by atoms with Crippen molar-refractivity contribution in [1.29, 1.82) is 0 Å². The van der Waals surface area contributed by atoms with Gasteiger partial charge in [-0.3, -0.25) is 8.78 Å². The Labute approximate surface area is 102 Å². The number of hydrogen-bond donors (Lipinski definition) is 2. The van der Waals surface area contributed by atoms with Gasteiger partial charge in [-0.15, -0.1) is 0 Å². The van der Waals surface area contributed by atoms with E-state index in [0.717, 1.165) is 38.5 Å². The Hall–Kier alpha value is -0.220. The molecule has 0 aromatic rings. The number of nitrogens with two attached hydrogens (primary N) is 1. The lowest BCUT2D eigenvalue weighted by Gasteiger charge is -2.58. The minimum atomic E-state index is -1.05. The summed E-state index contributed by atoms with van der Waals surface area (Å²) in [7, 11) is 0. The van der Waals surface area contributed by atoms with E-state index in [1.807, 2.05) is 0 Å². The Balaban J connectivity index is 2.07. The zero-order chi connectivity index (χ0) is 12.6. The predicted molar refractivity (Wildman–Crippen MR) is 63.2 cm³/mol. The number of hydrogen-bond acceptors (Lipinski definition) is 2. The molecule has 2 rings (SSSR count). The van der Waals surface area contributed by atoms with E-state index in [4.69, 9.17) is 5.73 Å². The lowest BCUT2D eigenvalue weighted by atomic mass is 9.52. The minimum absolute atomic E-state index is 0.184. The summed E-state index contributed by atoms with van der Waals surface area (Å²) in [6.07, 6.45) is 6.23. The topological polar surface area (TPSA) is 46.2 Å². The van der Waals surface area contributed by atoms with Crippen LogP contribution in [0.25, 0.3) is 0 Å². The maximum Gasteiger partial charge on any atom is 0.0977 e. The first-order valence-electron chi connectivity index (χ1n) is 6.63. The summed E-state index contributed by atoms with van der Waals surface area (Å²) in [5, 5.41) is 10.6. The maximum absolute atomic E-state index is 12.8. The Kier molecular flexibility index (Phi) is 3.47. The molecule has 2 aliphatic rings. The van der Waals surface area contributed by atoms with Crippen molar-refractivity contribution in [2.24, 2.45) is 11.1 Å². The van der Waals surface area contributed by atoms with Crippen molar-refractivity contribution in [3.05, 3.63) is 0 Å². The van der Waals surface area contributed by atoms with Gasteiger partial charge in [0.15, 0.2) is 0 Å². The molecule has 0 atom stereocenters. The van der Waals surface area contributed by atoms with Gasteiger partial charge in [-0.1, -0.05) is 25.7 Å². The van der Waals surface area contributed by atoms with Crippen molar-refractivity contribution in [1.82, 2.24) is 0 Å². The van der Waals surface area contributed by atoms with Crippen molar-refractivity contribution in [2.45, 2.75) is 62.5 Å². The molecule has 0 saturated heterocycles. The highest BCUT2D eigenvalue weighted by Gasteiger charge is 2.62. The van der Waals surface area contributed by atoms with Gasteiger partial charge >= 0.3 is 0 Å². The molecule has 0 aromatic heterocycles. The van der Waals surface area contributed by atoms with Crippen LogP contribution in [0.3, 0.4) is 0 Å². The second-order valence-electron chi connectivity index (χ2n) is 6.22. The monoisotopic (exact) mass is 247 g/mol. The summed E-state index contributed by atoms with van der Waals surface area (Å²) in [4.78, 5) is 0. The fraction of sp³-hybridized carbons (Fsp3) is 1.00. The van der Waals surface area contributed by atoms with E-state index in [1.54, 1.807) is 0 Å². The van der Waals surface area contributed by atoms with Crippen molar-refractivity contribution in [3.63, 3.8) is 0 Å². The van der Waals surface area contributed by atoms with Crippen molar-refractivity contribution < 1.29 is 13.9 Å². The van der Waals surface area contributed by atoms with E-state index in [1.165, 1.54) is 0 Å². The molecule has 0 amide bonds. The molecule has 2 fully saturated rings. The van der Waals surface area contributed by atoms with Gasteiger partial charge in [-0.25, -0.2) is 0 Å². The molecule has 0 unspecified atom stereocenters. The molecule has 0 spiro atoms. The third-order valence-corrected chi connectivity index (χ3v) is 4.82. The molecule has 4 heteroatoms. The average molecular weight is 247 g/mol. The van der Waals surface area contributed by atoms with Crippen molar-refractivity contribution in [3.8, 4) is 0 Å². The highest BCUT2D eigenvalue weighted by Crippen LogP contribution is 2.55. The average Bonchev–Trinajstić information content (AvgIpc) is 2.51. The van der Waals surface area contributed by atoms with Crippen LogP contribution in [-0.2, 0) is 0 Å². The van der Waals surface area contributed by atoms with E-state index < -0.39 is 29.9 Å². The molecule has 2 saturated carbocycles. The number of halogens is 2. The van der Waals surface area contributed by atoms with Crippen LogP contribution in [0.2, 0.25) is 0 Å². The van der Waals surface area contributed by atoms with Crippen LogP contribution in [0.5, 0.6) is 0 Å². The molecule has 0 aromatic carbocycles. The SMILES string of the molecule is NC1(C2(O)CC(CF)(CF)C2)CCCCCC1. The van der Waals surface area contributed by atoms with E-state index >= 15 is 0 Å². The second-order valence-corrected chi connectivity index (χ2v) is 6.22. The smallest absolute Gasteiger partial charge is 0.0977 e. The van der Waals surface area contributed by atoms with Crippen LogP contribution in [0, 0.1) is 5.41 Å². The third kappa shape index (κ3) is 2.10. The van der Waals surface area contributed by atoms with Gasteiger partial charge in [0.1, 0.15) is 0 Å². The first kappa shape index (κ1) is 13.2. The summed E-state index contributed by atoms with van der Waals surface area (Å²) < 4.78 is 25.6. The zero-order valence-corrected chi connectivity index (χ0v) is 10.4. The van der Waals surface area contributed by atoms with Crippen LogP contribution < -0.4 is 5.73 Å². The van der Waals surface area contributed by atoms with Gasteiger partial charge in [-0.2, -0.15) is 0 Å². The summed E-state index contributed by atoms with van der Waals surface area (Å²) in [6, 6.07) is 0. The maximum atomic E-state index is 12.8. The quantitative estimate of drug-likeness (QED) is 0.753. The number of rotatable bonds is 3. The van der Waals surface area contributed by atoms with Crippen LogP contribution in [0.15, 0.2) is 0 Å². The van der Waals surface area contributed by atoms with E-state index in [-0.39, 0.29) is 12.8 Å². The van der Waals surface area contributed by atoms with E-state index in [0.29, 0.717) is 0 Å². The Bertz CT molecular complexity index is 263. The molecule has 0 aliphatic heterocycles. The fourth-order valence-corrected chi connectivity index (χ4v) is 3.59. The number of alkyl halides is 2. The summed E-state index contributed by atoms with van der Waals surface area (Å²) in [6.45, 7) is -1.39. The first-order valence-corrected chi connectivity index (χ1v) is 6.63. The minimum Gasteiger partial charge on any atom is -0.388 e. The van der Waals surface area contributed by atoms with Crippen molar-refractivity contribution >= 4 is 0 Å². The Morgan fingerprint density at radius 1 is 0.941 bits per heavy atom. The van der Waals surface area contributed by atoms with Gasteiger partial charge in [0.05, 0.1) is 19.0 Å². The molecule has 0 bridgehead atoms. The first-order chi connectivity index (χ1) is 7.99. The highest BCUT2D eigenvalue weighted by molar-refractivity contribution is 5.16. The highest BCUT2D eigenvalue weighted by atomic mass is 19.1. The second kappa shape index (κ2) is 4.47. The van der Waals surface area contributed by atoms with Gasteiger partial charge in [0.2, 0.25) is 0 Å². The molecule has 0 heterocycles. The zero-order valence-electron chi connectivity index (χ0n) is 10.4. The van der Waals surface area contributed by atoms with Crippen LogP contribution in [0.4, 0.5) is 8.78 Å². The molecule has 2 nitrogen and oxygen atoms in total. The summed E-state index contributed by atoms with van der Waals surface area (Å²) >= 11 is 0. The lowest BCUT2D eigenvalue weighted by molar-refractivity contribution is -0.187.